The molecular formula is C9H12IN2O5-. The van der Waals surface area contributed by atoms with Crippen molar-refractivity contribution in [2.75, 3.05) is 6.61 Å². The first-order valence-corrected chi connectivity index (χ1v) is 6.88. The maximum atomic E-state index is 11.5. The first kappa shape index (κ1) is 14.2. The number of aromatic nitrogens is 2. The van der Waals surface area contributed by atoms with Crippen LogP contribution in [0.25, 0.3) is 0 Å². The Bertz CT molecular complexity index is 415. The van der Waals surface area contributed by atoms with Crippen molar-refractivity contribution in [3.63, 3.8) is 0 Å². The van der Waals surface area contributed by atoms with E-state index in [0.29, 0.717) is 3.57 Å². The van der Waals surface area contributed by atoms with E-state index in [1.807, 2.05) is 0 Å². The van der Waals surface area contributed by atoms with Gasteiger partial charge in [-0.3, -0.25) is 0 Å². The van der Waals surface area contributed by atoms with Crippen molar-refractivity contribution in [1.29, 1.82) is 0 Å². The molecule has 7 nitrogen and oxygen atoms in total. The van der Waals surface area contributed by atoms with Crippen molar-refractivity contribution in [2.45, 2.75) is 18.6 Å². The van der Waals surface area contributed by atoms with Crippen LogP contribution in [0.3, 0.4) is 0 Å². The summed E-state index contributed by atoms with van der Waals surface area (Å²) in [6.45, 7) is -0.590. The molecule has 8 heteroatoms. The van der Waals surface area contributed by atoms with Crippen molar-refractivity contribution in [3.05, 3.63) is 26.4 Å². The number of H-pyrrole nitrogens is 1. The third-order valence-electron chi connectivity index (χ3n) is 1.85. The molecule has 0 aliphatic rings. The van der Waals surface area contributed by atoms with Gasteiger partial charge in [-0.2, -0.15) is 0 Å². The molecule has 17 heavy (non-hydrogen) atoms. The number of hydrogen-bond acceptors (Lipinski definition) is 6. The van der Waals surface area contributed by atoms with E-state index in [1.165, 1.54) is 12.4 Å². The van der Waals surface area contributed by atoms with Gasteiger partial charge in [0, 0.05) is 0 Å². The molecule has 0 aromatic carbocycles. The standard InChI is InChI=1S/C9H12IN2O5/c13-4-7(15)6(14)1-8(16)10-5-2-11-9(17)12-3-5/h2-3,6-7,13-15H,1,4H2,(H,11,12,17)/q-1. The monoisotopic (exact) mass is 355 g/mol. The summed E-state index contributed by atoms with van der Waals surface area (Å²) in [7, 11) is 0. The predicted octanol–water partition coefficient (Wildman–Crippen LogP) is -5.34. The van der Waals surface area contributed by atoms with Crippen molar-refractivity contribution < 1.29 is 41.3 Å². The fourth-order valence-corrected chi connectivity index (χ4v) is 2.92. The van der Waals surface area contributed by atoms with Gasteiger partial charge in [-0.15, -0.1) is 0 Å². The zero-order valence-corrected chi connectivity index (χ0v) is 10.9. The second-order valence-corrected chi connectivity index (χ2v) is 6.20. The Morgan fingerprint density at radius 3 is 2.71 bits per heavy atom. The van der Waals surface area contributed by atoms with Gasteiger partial charge in [-0.1, -0.05) is 0 Å². The summed E-state index contributed by atoms with van der Waals surface area (Å²) in [6, 6.07) is 0. The molecule has 0 saturated heterocycles. The summed E-state index contributed by atoms with van der Waals surface area (Å²) in [5.74, 6) is 0. The third kappa shape index (κ3) is 4.89. The average molecular weight is 355 g/mol. The number of rotatable bonds is 6. The quantitative estimate of drug-likeness (QED) is 0.299. The molecule has 0 bridgehead atoms. The Labute approximate surface area is 107 Å². The third-order valence-corrected chi connectivity index (χ3v) is 4.11. The molecule has 1 aromatic rings. The Hall–Kier alpha value is -0.840. The normalized spacial score (nSPS) is 14.5. The number of aliphatic hydroxyl groups excluding tert-OH is 3. The zero-order chi connectivity index (χ0) is 12.8. The summed E-state index contributed by atoms with van der Waals surface area (Å²) < 4.78 is 0.414. The molecule has 4 N–H and O–H groups in total. The van der Waals surface area contributed by atoms with Crippen molar-refractivity contribution >= 4 is 3.79 Å². The number of carbonyl (C=O) groups is 1. The Balaban J connectivity index is 2.50. The molecule has 0 radical (unpaired) electrons. The van der Waals surface area contributed by atoms with Crippen LogP contribution < -0.4 is 26.9 Å². The minimum atomic E-state index is -1.31. The van der Waals surface area contributed by atoms with E-state index < -0.39 is 45.7 Å². The van der Waals surface area contributed by atoms with E-state index >= 15 is 0 Å². The summed E-state index contributed by atoms with van der Waals surface area (Å²) in [4.78, 5) is 28.0. The number of nitrogens with zero attached hydrogens (tertiary/aromatic N) is 1. The molecule has 1 aromatic heterocycles. The summed E-state index contributed by atoms with van der Waals surface area (Å²) in [5, 5.41) is 27.0. The van der Waals surface area contributed by atoms with Crippen LogP contribution in [-0.4, -0.2) is 47.9 Å². The van der Waals surface area contributed by atoms with Gasteiger partial charge < -0.3 is 0 Å². The van der Waals surface area contributed by atoms with Gasteiger partial charge >= 0.3 is 107 Å². The first-order valence-electron chi connectivity index (χ1n) is 4.72. The van der Waals surface area contributed by atoms with Gasteiger partial charge in [0.2, 0.25) is 0 Å². The van der Waals surface area contributed by atoms with E-state index in [4.69, 9.17) is 10.2 Å². The van der Waals surface area contributed by atoms with Crippen LogP contribution in [0.5, 0.6) is 0 Å². The van der Waals surface area contributed by atoms with Gasteiger partial charge in [0.25, 0.3) is 0 Å². The summed E-state index contributed by atoms with van der Waals surface area (Å²) in [5.41, 5.74) is -0.485. The van der Waals surface area contributed by atoms with Gasteiger partial charge in [0.15, 0.2) is 0 Å². The van der Waals surface area contributed by atoms with E-state index in [-0.39, 0.29) is 10.2 Å². The van der Waals surface area contributed by atoms with E-state index in [0.717, 1.165) is 0 Å². The number of hydrogen-bond donors (Lipinski definition) is 4. The van der Waals surface area contributed by atoms with Crippen LogP contribution in [0.4, 0.5) is 0 Å². The number of carbonyl (C=O) groups excluding carboxylic acids is 1. The maximum absolute atomic E-state index is 11.5. The van der Waals surface area contributed by atoms with Gasteiger partial charge in [0.05, 0.1) is 0 Å². The van der Waals surface area contributed by atoms with E-state index in [2.05, 4.69) is 9.97 Å². The van der Waals surface area contributed by atoms with Crippen molar-refractivity contribution in [1.82, 2.24) is 9.97 Å². The molecule has 1 heterocycles. The second-order valence-electron chi connectivity index (χ2n) is 3.21. The number of nitrogens with one attached hydrogen (secondary N) is 1. The van der Waals surface area contributed by atoms with Crippen LogP contribution in [0.1, 0.15) is 6.42 Å². The second kappa shape index (κ2) is 6.79. The van der Waals surface area contributed by atoms with Crippen LogP contribution in [0, 0.1) is 3.57 Å². The molecule has 0 aliphatic carbocycles. The minimum absolute atomic E-state index is 0.211. The fourth-order valence-electron chi connectivity index (χ4n) is 0.960. The number of halogens is 1. The molecule has 2 unspecified atom stereocenters. The first-order chi connectivity index (χ1) is 8.02. The molecule has 96 valence electrons. The Morgan fingerprint density at radius 2 is 2.18 bits per heavy atom. The SMILES string of the molecule is O=C(CC(O)C(O)CO)[I-]c1cnc(=O)[nH]c1. The van der Waals surface area contributed by atoms with Crippen LogP contribution in [-0.2, 0) is 4.79 Å². The Morgan fingerprint density at radius 1 is 1.47 bits per heavy atom. The van der Waals surface area contributed by atoms with Crippen molar-refractivity contribution in [3.8, 4) is 0 Å². The summed E-state index contributed by atoms with van der Waals surface area (Å²) in [6.07, 6.45) is -0.0536. The molecule has 0 saturated carbocycles. The number of aliphatic hydroxyl groups is 3. The van der Waals surface area contributed by atoms with Crippen LogP contribution >= 0.6 is 0 Å². The zero-order valence-electron chi connectivity index (χ0n) is 8.71. The van der Waals surface area contributed by atoms with E-state index in [1.54, 1.807) is 0 Å². The van der Waals surface area contributed by atoms with Crippen LogP contribution in [0.2, 0.25) is 0 Å². The Kier molecular flexibility index (Phi) is 5.68. The van der Waals surface area contributed by atoms with E-state index in [9.17, 15) is 14.7 Å². The number of aromatic amines is 1. The fraction of sp³-hybridized carbons (Fsp3) is 0.444. The summed E-state index contributed by atoms with van der Waals surface area (Å²) >= 11 is -1.04. The molecule has 0 fully saturated rings. The van der Waals surface area contributed by atoms with Gasteiger partial charge in [-0.05, 0) is 0 Å². The van der Waals surface area contributed by atoms with Crippen molar-refractivity contribution in [2.24, 2.45) is 0 Å². The van der Waals surface area contributed by atoms with Gasteiger partial charge in [0.1, 0.15) is 0 Å². The van der Waals surface area contributed by atoms with Crippen LogP contribution in [0.15, 0.2) is 17.2 Å². The molecule has 1 rings (SSSR count). The molecule has 0 aliphatic heterocycles. The average Bonchev–Trinajstić information content (AvgIpc) is 2.30. The molecular weight excluding hydrogens is 343 g/mol. The molecule has 2 atom stereocenters. The molecule has 0 spiro atoms. The molecule has 0 amide bonds. The van der Waals surface area contributed by atoms with Gasteiger partial charge in [-0.25, -0.2) is 0 Å². The predicted molar refractivity (Wildman–Crippen MR) is 52.3 cm³/mol. The topological polar surface area (TPSA) is 124 Å².